The van der Waals surface area contributed by atoms with Gasteiger partial charge < -0.3 is 24.6 Å². The van der Waals surface area contributed by atoms with Gasteiger partial charge in [0.2, 0.25) is 0 Å². The van der Waals surface area contributed by atoms with Crippen molar-refractivity contribution in [1.29, 1.82) is 0 Å². The average molecular weight is 279 g/mol. The van der Waals surface area contributed by atoms with Crippen LogP contribution in [0.4, 0.5) is 4.79 Å². The molecule has 110 valence electrons. The second kappa shape index (κ2) is 7.92. The number of rotatable bonds is 1. The first-order valence-electron chi connectivity index (χ1n) is 6.56. The molecule has 0 aliphatic carbocycles. The number of hydrogen-bond donors (Lipinski definition) is 1. The molecule has 1 heterocycles. The molecule has 1 fully saturated rings. The van der Waals surface area contributed by atoms with Crippen LogP contribution in [0.5, 0.6) is 0 Å². The van der Waals surface area contributed by atoms with Crippen LogP contribution in [0, 0.1) is 5.92 Å². The first-order valence-corrected chi connectivity index (χ1v) is 6.56. The van der Waals surface area contributed by atoms with E-state index >= 15 is 0 Å². The summed E-state index contributed by atoms with van der Waals surface area (Å²) in [6, 6.07) is 0. The Balaban J connectivity index is 0.00000361. The normalized spacial score (nSPS) is 24.1. The second-order valence-electron chi connectivity index (χ2n) is 5.96. The number of carboxylic acid groups (broad SMARTS) is 1. The Hall–Kier alpha value is -0.703. The number of carbonyl (C=O) groups excluding carboxylic acids is 2. The summed E-state index contributed by atoms with van der Waals surface area (Å²) in [6.45, 7) is 5.61. The van der Waals surface area contributed by atoms with Crippen molar-refractivity contribution in [3.05, 3.63) is 0 Å². The number of aliphatic hydroxyl groups excluding tert-OH is 1. The zero-order valence-corrected chi connectivity index (χ0v) is 12.7. The van der Waals surface area contributed by atoms with Gasteiger partial charge in [0.1, 0.15) is 5.60 Å². The molecule has 1 saturated heterocycles. The van der Waals surface area contributed by atoms with E-state index in [-0.39, 0.29) is 25.4 Å². The van der Waals surface area contributed by atoms with Crippen LogP contribution in [0.15, 0.2) is 0 Å². The largest absolute Gasteiger partial charge is 1.00 e. The van der Waals surface area contributed by atoms with E-state index in [0.717, 1.165) is 0 Å². The van der Waals surface area contributed by atoms with E-state index in [9.17, 15) is 19.8 Å². The van der Waals surface area contributed by atoms with E-state index in [1.165, 1.54) is 4.90 Å². The van der Waals surface area contributed by atoms with Crippen LogP contribution in [0.25, 0.3) is 0 Å². The number of carbonyl (C=O) groups is 2. The second-order valence-corrected chi connectivity index (χ2v) is 5.96. The third kappa shape index (κ3) is 6.64. The van der Waals surface area contributed by atoms with Crippen LogP contribution >= 0.6 is 0 Å². The summed E-state index contributed by atoms with van der Waals surface area (Å²) in [5.74, 6) is -1.95. The van der Waals surface area contributed by atoms with Gasteiger partial charge in [-0.2, -0.15) is 0 Å². The molecule has 2 unspecified atom stereocenters. The van der Waals surface area contributed by atoms with Crippen LogP contribution < -0.4 is 24.0 Å². The fourth-order valence-corrected chi connectivity index (χ4v) is 1.98. The number of aliphatic hydroxyl groups is 1. The number of ether oxygens (including phenoxy) is 1. The minimum Gasteiger partial charge on any atom is -0.550 e. The molecule has 0 saturated carbocycles. The molecular formula is C13H22LiNO5. The summed E-state index contributed by atoms with van der Waals surface area (Å²) >= 11 is 0. The molecule has 1 aliphatic heterocycles. The van der Waals surface area contributed by atoms with Gasteiger partial charge in [-0.05, 0) is 40.0 Å². The molecule has 0 spiro atoms. The van der Waals surface area contributed by atoms with Crippen molar-refractivity contribution in [2.45, 2.75) is 51.7 Å². The Morgan fingerprint density at radius 2 is 1.85 bits per heavy atom. The third-order valence-electron chi connectivity index (χ3n) is 3.01. The van der Waals surface area contributed by atoms with Crippen molar-refractivity contribution in [3.63, 3.8) is 0 Å². The van der Waals surface area contributed by atoms with Crippen molar-refractivity contribution in [2.24, 2.45) is 5.92 Å². The Kier molecular flexibility index (Phi) is 7.64. The van der Waals surface area contributed by atoms with Crippen LogP contribution in [0.3, 0.4) is 0 Å². The minimum atomic E-state index is -1.19. The van der Waals surface area contributed by atoms with Gasteiger partial charge in [-0.25, -0.2) is 4.79 Å². The fourth-order valence-electron chi connectivity index (χ4n) is 1.98. The SMILES string of the molecule is CC(C)(C)OC(=O)N1CCC(O)CCC(C(=O)[O-])C1.[Li+]. The Morgan fingerprint density at radius 1 is 1.25 bits per heavy atom. The predicted octanol–water partition coefficient (Wildman–Crippen LogP) is -2.86. The average Bonchev–Trinajstić information content (AvgIpc) is 2.21. The van der Waals surface area contributed by atoms with E-state index in [1.807, 2.05) is 0 Å². The smallest absolute Gasteiger partial charge is 0.550 e. The zero-order valence-electron chi connectivity index (χ0n) is 12.7. The van der Waals surface area contributed by atoms with Crippen LogP contribution in [-0.2, 0) is 9.53 Å². The van der Waals surface area contributed by atoms with E-state index in [1.54, 1.807) is 20.8 Å². The Morgan fingerprint density at radius 3 is 2.35 bits per heavy atom. The van der Waals surface area contributed by atoms with Gasteiger partial charge in [0.25, 0.3) is 0 Å². The molecule has 1 rings (SSSR count). The van der Waals surface area contributed by atoms with E-state index in [2.05, 4.69) is 0 Å². The van der Waals surface area contributed by atoms with Crippen molar-refractivity contribution < 1.29 is 43.4 Å². The zero-order chi connectivity index (χ0) is 14.6. The molecule has 0 bridgehead atoms. The summed E-state index contributed by atoms with van der Waals surface area (Å²) < 4.78 is 5.23. The molecule has 7 heteroatoms. The monoisotopic (exact) mass is 279 g/mol. The first kappa shape index (κ1) is 19.3. The summed E-state index contributed by atoms with van der Waals surface area (Å²) in [5.41, 5.74) is -0.630. The van der Waals surface area contributed by atoms with Gasteiger partial charge in [0.05, 0.1) is 6.10 Å². The van der Waals surface area contributed by atoms with E-state index < -0.39 is 29.7 Å². The van der Waals surface area contributed by atoms with E-state index in [4.69, 9.17) is 4.74 Å². The quantitative estimate of drug-likeness (QED) is 0.521. The molecule has 2 atom stereocenters. The maximum atomic E-state index is 12.0. The van der Waals surface area contributed by atoms with Crippen LogP contribution in [0.2, 0.25) is 0 Å². The molecule has 0 aromatic carbocycles. The van der Waals surface area contributed by atoms with E-state index in [0.29, 0.717) is 25.8 Å². The summed E-state index contributed by atoms with van der Waals surface area (Å²) in [6.07, 6.45) is 0.0164. The third-order valence-corrected chi connectivity index (χ3v) is 3.01. The van der Waals surface area contributed by atoms with Gasteiger partial charge in [0.15, 0.2) is 0 Å². The van der Waals surface area contributed by atoms with Crippen molar-refractivity contribution in [3.8, 4) is 0 Å². The van der Waals surface area contributed by atoms with Crippen LogP contribution in [-0.4, -0.2) is 46.9 Å². The van der Waals surface area contributed by atoms with Gasteiger partial charge in [-0.15, -0.1) is 0 Å². The summed E-state index contributed by atoms with van der Waals surface area (Å²) in [5, 5.41) is 20.7. The summed E-state index contributed by atoms with van der Waals surface area (Å²) in [7, 11) is 0. The molecule has 1 N–H and O–H groups in total. The number of amides is 1. The number of likely N-dealkylation sites (tertiary alicyclic amines) is 1. The van der Waals surface area contributed by atoms with Crippen molar-refractivity contribution >= 4 is 12.1 Å². The minimum absolute atomic E-state index is 0. The maximum absolute atomic E-state index is 12.0. The van der Waals surface area contributed by atoms with Gasteiger partial charge in [-0.3, -0.25) is 0 Å². The Bertz CT molecular complexity index is 342. The molecule has 1 amide bonds. The Labute approximate surface area is 131 Å². The van der Waals surface area contributed by atoms with Crippen molar-refractivity contribution in [2.75, 3.05) is 13.1 Å². The number of carboxylic acids is 1. The molecule has 0 radical (unpaired) electrons. The van der Waals surface area contributed by atoms with Gasteiger partial charge >= 0.3 is 25.0 Å². The summed E-state index contributed by atoms with van der Waals surface area (Å²) in [4.78, 5) is 24.3. The molecule has 20 heavy (non-hydrogen) atoms. The van der Waals surface area contributed by atoms with Crippen LogP contribution in [0.1, 0.15) is 40.0 Å². The fraction of sp³-hybridized carbons (Fsp3) is 0.846. The number of hydrogen-bond acceptors (Lipinski definition) is 5. The van der Waals surface area contributed by atoms with Gasteiger partial charge in [-0.1, -0.05) is 0 Å². The molecule has 1 aliphatic rings. The topological polar surface area (TPSA) is 89.9 Å². The molecule has 6 nitrogen and oxygen atoms in total. The molecular weight excluding hydrogens is 257 g/mol. The molecule has 0 aromatic rings. The standard InChI is InChI=1S/C13H23NO5.Li/c1-13(2,3)19-12(18)14-7-6-10(15)5-4-9(8-14)11(16)17;/h9-10,15H,4-8H2,1-3H3,(H,16,17);/q;+1/p-1. The maximum Gasteiger partial charge on any atom is 1.00 e. The number of nitrogens with zero attached hydrogens (tertiary/aromatic N) is 1. The van der Waals surface area contributed by atoms with Gasteiger partial charge in [0, 0.05) is 25.0 Å². The van der Waals surface area contributed by atoms with Crippen molar-refractivity contribution in [1.82, 2.24) is 4.90 Å². The number of aliphatic carboxylic acids is 1. The first-order chi connectivity index (χ1) is 8.69. The predicted molar refractivity (Wildman–Crippen MR) is 66.2 cm³/mol. The molecule has 0 aromatic heterocycles.